The van der Waals surface area contributed by atoms with E-state index in [4.69, 9.17) is 57.2 Å². The summed E-state index contributed by atoms with van der Waals surface area (Å²) in [5.41, 5.74) is 0. The maximum Gasteiger partial charge on any atom is 0.305 e. The van der Waals surface area contributed by atoms with Crippen LogP contribution in [0.3, 0.4) is 0 Å². The van der Waals surface area contributed by atoms with Crippen molar-refractivity contribution in [1.29, 1.82) is 0 Å². The van der Waals surface area contributed by atoms with Crippen LogP contribution in [0.25, 0.3) is 0 Å². The van der Waals surface area contributed by atoms with Crippen molar-refractivity contribution in [3.8, 4) is 0 Å². The molecule has 0 aliphatic carbocycles. The maximum atomic E-state index is 10.3. The van der Waals surface area contributed by atoms with E-state index in [2.05, 4.69) is 6.92 Å². The lowest BCUT2D eigenvalue weighted by Gasteiger charge is -2.09. The topological polar surface area (TPSA) is 139 Å². The number of aliphatic carboxylic acids is 1. The van der Waals surface area contributed by atoms with Crippen LogP contribution < -0.4 is 0 Å². The van der Waals surface area contributed by atoms with Gasteiger partial charge in [-0.3, -0.25) is 4.79 Å². The summed E-state index contributed by atoms with van der Waals surface area (Å²) >= 11 is 0. The quantitative estimate of drug-likeness (QED) is 0.0891. The first-order valence-electron chi connectivity index (χ1n) is 18.3. The van der Waals surface area contributed by atoms with Gasteiger partial charge in [0, 0.05) is 6.61 Å². The number of carboxylic acid groups (broad SMARTS) is 1. The lowest BCUT2D eigenvalue weighted by molar-refractivity contribution is -0.138. The zero-order chi connectivity index (χ0) is 34.7. The molecular weight excluding hydrogens is 628 g/mol. The van der Waals surface area contributed by atoms with Crippen molar-refractivity contribution in [3.63, 3.8) is 0 Å². The molecule has 0 aromatic carbocycles. The van der Waals surface area contributed by atoms with E-state index in [1.165, 1.54) is 57.8 Å². The molecule has 288 valence electrons. The lowest BCUT2D eigenvalue weighted by Crippen LogP contribution is -2.15. The molecule has 0 fully saturated rings. The molecule has 0 aliphatic heterocycles. The molecule has 13 heteroatoms. The average molecular weight is 699 g/mol. The molecule has 0 atom stereocenters. The fourth-order valence-electron chi connectivity index (χ4n) is 4.15. The molecule has 0 aromatic rings. The van der Waals surface area contributed by atoms with E-state index in [0.717, 1.165) is 13.0 Å². The molecule has 0 heterocycles. The first-order valence-corrected chi connectivity index (χ1v) is 18.3. The van der Waals surface area contributed by atoms with Crippen LogP contribution in [0.1, 0.15) is 77.6 Å². The Bertz CT molecular complexity index is 601. The summed E-state index contributed by atoms with van der Waals surface area (Å²) in [5.74, 6) is -0.871. The number of hydrogen-bond donors (Lipinski definition) is 1. The van der Waals surface area contributed by atoms with Crippen molar-refractivity contribution < 1.29 is 62.0 Å². The molecular formula is C35H70O13. The molecule has 0 radical (unpaired) electrons. The Balaban J connectivity index is 3.04. The Kier molecular flexibility index (Phi) is 43.2. The highest BCUT2D eigenvalue weighted by molar-refractivity contribution is 5.66. The van der Waals surface area contributed by atoms with Gasteiger partial charge in [0.2, 0.25) is 0 Å². The standard InChI is InChI=1S/C35H70O13/c1-2-3-4-5-6-7-8-9-10-11-13-38-15-17-40-19-21-42-23-25-44-27-29-46-31-33-48-34-32-47-30-28-45-26-24-43-22-20-41-18-16-39-14-12-35(36)37/h2-34H2,1H3,(H,36,37). The monoisotopic (exact) mass is 698 g/mol. The lowest BCUT2D eigenvalue weighted by atomic mass is 10.1. The molecule has 13 nitrogen and oxygen atoms in total. The molecule has 0 bridgehead atoms. The van der Waals surface area contributed by atoms with E-state index in [-0.39, 0.29) is 13.0 Å². The van der Waals surface area contributed by atoms with Crippen molar-refractivity contribution in [1.82, 2.24) is 0 Å². The third-order valence-electron chi connectivity index (χ3n) is 6.82. The van der Waals surface area contributed by atoms with Gasteiger partial charge in [0.15, 0.2) is 0 Å². The zero-order valence-corrected chi connectivity index (χ0v) is 30.2. The van der Waals surface area contributed by atoms with E-state index in [9.17, 15) is 4.79 Å². The van der Waals surface area contributed by atoms with E-state index in [0.29, 0.717) is 132 Å². The van der Waals surface area contributed by atoms with Crippen LogP contribution in [0, 0.1) is 0 Å². The van der Waals surface area contributed by atoms with E-state index < -0.39 is 5.97 Å². The number of ether oxygens (including phenoxy) is 11. The fourth-order valence-corrected chi connectivity index (χ4v) is 4.15. The predicted octanol–water partition coefficient (Wildman–Crippen LogP) is 4.56. The van der Waals surface area contributed by atoms with Crippen LogP contribution in [-0.2, 0) is 56.9 Å². The van der Waals surface area contributed by atoms with Gasteiger partial charge in [-0.1, -0.05) is 64.7 Å². The van der Waals surface area contributed by atoms with Gasteiger partial charge < -0.3 is 57.2 Å². The van der Waals surface area contributed by atoms with Gasteiger partial charge in [-0.05, 0) is 6.42 Å². The smallest absolute Gasteiger partial charge is 0.305 e. The van der Waals surface area contributed by atoms with Gasteiger partial charge in [-0.15, -0.1) is 0 Å². The first-order chi connectivity index (χ1) is 23.8. The number of carboxylic acids is 1. The summed E-state index contributed by atoms with van der Waals surface area (Å²) in [6.07, 6.45) is 13.4. The van der Waals surface area contributed by atoms with Crippen LogP contribution in [0.4, 0.5) is 0 Å². The molecule has 48 heavy (non-hydrogen) atoms. The summed E-state index contributed by atoms with van der Waals surface area (Å²) in [7, 11) is 0. The Morgan fingerprint density at radius 2 is 0.521 bits per heavy atom. The maximum absolute atomic E-state index is 10.3. The van der Waals surface area contributed by atoms with Crippen molar-refractivity contribution >= 4 is 5.97 Å². The largest absolute Gasteiger partial charge is 0.481 e. The van der Waals surface area contributed by atoms with Crippen molar-refractivity contribution in [3.05, 3.63) is 0 Å². The number of carbonyl (C=O) groups is 1. The van der Waals surface area contributed by atoms with Gasteiger partial charge in [0.1, 0.15) is 0 Å². The second-order valence-electron chi connectivity index (χ2n) is 11.1. The minimum atomic E-state index is -0.871. The minimum absolute atomic E-state index is 0.000746. The molecule has 0 saturated heterocycles. The fraction of sp³-hybridized carbons (Fsp3) is 0.971. The van der Waals surface area contributed by atoms with E-state index in [1.54, 1.807) is 0 Å². The highest BCUT2D eigenvalue weighted by Crippen LogP contribution is 2.10. The summed E-state index contributed by atoms with van der Waals surface area (Å²) in [6.45, 7) is 13.4. The average Bonchev–Trinajstić information content (AvgIpc) is 3.08. The zero-order valence-electron chi connectivity index (χ0n) is 30.2. The second kappa shape index (κ2) is 44.1. The van der Waals surface area contributed by atoms with Crippen LogP contribution in [0.15, 0.2) is 0 Å². The van der Waals surface area contributed by atoms with Gasteiger partial charge in [-0.2, -0.15) is 0 Å². The molecule has 0 unspecified atom stereocenters. The van der Waals surface area contributed by atoms with Gasteiger partial charge >= 0.3 is 5.97 Å². The molecule has 0 saturated carbocycles. The van der Waals surface area contributed by atoms with Crippen molar-refractivity contribution in [2.45, 2.75) is 77.6 Å². The van der Waals surface area contributed by atoms with Crippen LogP contribution in [-0.4, -0.2) is 156 Å². The summed E-state index contributed by atoms with van der Waals surface area (Å²) < 4.78 is 59.9. The van der Waals surface area contributed by atoms with E-state index in [1.807, 2.05) is 0 Å². The Morgan fingerprint density at radius 1 is 0.312 bits per heavy atom. The van der Waals surface area contributed by atoms with E-state index >= 15 is 0 Å². The van der Waals surface area contributed by atoms with Crippen LogP contribution >= 0.6 is 0 Å². The van der Waals surface area contributed by atoms with Crippen molar-refractivity contribution in [2.75, 3.05) is 145 Å². The molecule has 0 amide bonds. The summed E-state index contributed by atoms with van der Waals surface area (Å²) in [4.78, 5) is 10.3. The highest BCUT2D eigenvalue weighted by Gasteiger charge is 1.98. The Labute approximate surface area is 290 Å². The normalized spacial score (nSPS) is 11.5. The highest BCUT2D eigenvalue weighted by atomic mass is 16.6. The van der Waals surface area contributed by atoms with Gasteiger partial charge in [-0.25, -0.2) is 0 Å². The SMILES string of the molecule is CCCCCCCCCCCCOCCOCCOCCOCCOCCOCCOCCOCCOCCOCCOCCC(=O)O. The van der Waals surface area contributed by atoms with Gasteiger partial charge in [0.05, 0.1) is 145 Å². The number of unbranched alkanes of at least 4 members (excludes halogenated alkanes) is 9. The third-order valence-corrected chi connectivity index (χ3v) is 6.82. The Hall–Kier alpha value is -0.970. The minimum Gasteiger partial charge on any atom is -0.481 e. The molecule has 0 spiro atoms. The summed E-state index contributed by atoms with van der Waals surface area (Å²) in [5, 5.41) is 8.49. The third kappa shape index (κ3) is 45.0. The number of rotatable bonds is 44. The molecule has 0 rings (SSSR count). The molecule has 1 N–H and O–H groups in total. The molecule has 0 aliphatic rings. The van der Waals surface area contributed by atoms with Crippen LogP contribution in [0.5, 0.6) is 0 Å². The van der Waals surface area contributed by atoms with Crippen molar-refractivity contribution in [2.24, 2.45) is 0 Å². The Morgan fingerprint density at radius 3 is 0.771 bits per heavy atom. The second-order valence-corrected chi connectivity index (χ2v) is 11.1. The first kappa shape index (κ1) is 47.0. The number of hydrogen-bond acceptors (Lipinski definition) is 12. The predicted molar refractivity (Wildman–Crippen MR) is 183 cm³/mol. The summed E-state index contributed by atoms with van der Waals surface area (Å²) in [6, 6.07) is 0. The molecule has 0 aromatic heterocycles. The van der Waals surface area contributed by atoms with Gasteiger partial charge in [0.25, 0.3) is 0 Å². The van der Waals surface area contributed by atoms with Crippen LogP contribution in [0.2, 0.25) is 0 Å².